The Morgan fingerprint density at radius 1 is 0.594 bits per heavy atom. The molecule has 2 aliphatic rings. The van der Waals surface area contributed by atoms with E-state index in [1.54, 1.807) is 25.4 Å². The third-order valence-electron chi connectivity index (χ3n) is 7.00. The molecule has 2 saturated carbocycles. The van der Waals surface area contributed by atoms with Gasteiger partial charge in [0.05, 0.1) is 14.2 Å². The number of allylic oxidation sites excluding steroid dienone is 4. The van der Waals surface area contributed by atoms with E-state index in [1.807, 2.05) is 24.3 Å². The van der Waals surface area contributed by atoms with Gasteiger partial charge in [0.15, 0.2) is 0 Å². The van der Waals surface area contributed by atoms with Crippen LogP contribution in [-0.2, 0) is 0 Å². The first-order chi connectivity index (χ1) is 15.8. The first-order valence-corrected chi connectivity index (χ1v) is 12.1. The molecule has 0 amide bonds. The summed E-state index contributed by atoms with van der Waals surface area (Å²) in [6.07, 6.45) is 20.0. The van der Waals surface area contributed by atoms with Crippen molar-refractivity contribution in [1.82, 2.24) is 0 Å². The minimum atomic E-state index is 0.579. The molecule has 0 saturated heterocycles. The summed E-state index contributed by atoms with van der Waals surface area (Å²) in [5, 5.41) is 0. The second-order valence-electron chi connectivity index (χ2n) is 9.02. The fourth-order valence-electron chi connectivity index (χ4n) is 5.19. The molecule has 168 valence electrons. The van der Waals surface area contributed by atoms with Gasteiger partial charge in [0.25, 0.3) is 0 Å². The molecule has 2 unspecified atom stereocenters. The van der Waals surface area contributed by atoms with Crippen LogP contribution in [0.1, 0.15) is 62.5 Å². The van der Waals surface area contributed by atoms with Crippen molar-refractivity contribution in [2.24, 2.45) is 11.8 Å². The van der Waals surface area contributed by atoms with Crippen LogP contribution in [0.4, 0.5) is 0 Å². The van der Waals surface area contributed by atoms with E-state index in [0.29, 0.717) is 11.8 Å². The molecule has 0 radical (unpaired) electrons. The van der Waals surface area contributed by atoms with E-state index in [4.69, 9.17) is 9.47 Å². The molecule has 2 nitrogen and oxygen atoms in total. The van der Waals surface area contributed by atoms with E-state index in [2.05, 4.69) is 48.6 Å². The maximum Gasteiger partial charge on any atom is 0.118 e. The highest BCUT2D eigenvalue weighted by Crippen LogP contribution is 2.41. The first-order valence-electron chi connectivity index (χ1n) is 12.1. The van der Waals surface area contributed by atoms with Gasteiger partial charge in [0.1, 0.15) is 11.5 Å². The summed E-state index contributed by atoms with van der Waals surface area (Å²) in [5.41, 5.74) is 5.95. The van der Waals surface area contributed by atoms with Gasteiger partial charge in [-0.25, -0.2) is 0 Å². The van der Waals surface area contributed by atoms with Gasteiger partial charge in [-0.05, 0) is 85.8 Å². The van der Waals surface area contributed by atoms with E-state index >= 15 is 0 Å². The molecule has 2 aromatic rings. The SMILES string of the molecule is COc1ccc(C=CC2CCCCC2=C2CCCCC2C=Cc2ccc(OC)cc2)cc1. The fraction of sp³-hybridized carbons (Fsp3) is 0.400. The maximum absolute atomic E-state index is 5.29. The minimum Gasteiger partial charge on any atom is -0.497 e. The predicted octanol–water partition coefficient (Wildman–Crippen LogP) is 8.11. The molecular weight excluding hydrogens is 392 g/mol. The van der Waals surface area contributed by atoms with Crippen molar-refractivity contribution in [3.05, 3.63) is 83.0 Å². The van der Waals surface area contributed by atoms with Gasteiger partial charge in [0.2, 0.25) is 0 Å². The monoisotopic (exact) mass is 428 g/mol. The van der Waals surface area contributed by atoms with Crippen LogP contribution < -0.4 is 9.47 Å². The largest absolute Gasteiger partial charge is 0.497 e. The minimum absolute atomic E-state index is 0.579. The third kappa shape index (κ3) is 5.73. The normalized spacial score (nSPS) is 24.2. The molecule has 0 aromatic heterocycles. The second-order valence-corrected chi connectivity index (χ2v) is 9.02. The third-order valence-corrected chi connectivity index (χ3v) is 7.00. The van der Waals surface area contributed by atoms with Gasteiger partial charge in [0, 0.05) is 0 Å². The molecule has 2 aromatic carbocycles. The molecule has 2 fully saturated rings. The lowest BCUT2D eigenvalue weighted by Gasteiger charge is -2.32. The van der Waals surface area contributed by atoms with Crippen LogP contribution in [0, 0.1) is 11.8 Å². The van der Waals surface area contributed by atoms with Crippen molar-refractivity contribution >= 4 is 12.2 Å². The van der Waals surface area contributed by atoms with E-state index in [-0.39, 0.29) is 0 Å². The zero-order chi connectivity index (χ0) is 22.2. The number of ether oxygens (including phenoxy) is 2. The zero-order valence-corrected chi connectivity index (χ0v) is 19.6. The molecular formula is C30H36O2. The van der Waals surface area contributed by atoms with Crippen molar-refractivity contribution in [2.45, 2.75) is 51.4 Å². The van der Waals surface area contributed by atoms with E-state index in [0.717, 1.165) is 11.5 Å². The maximum atomic E-state index is 5.29. The average molecular weight is 429 g/mol. The highest BCUT2D eigenvalue weighted by Gasteiger charge is 2.25. The molecule has 0 N–H and O–H groups in total. The van der Waals surface area contributed by atoms with Gasteiger partial charge >= 0.3 is 0 Å². The summed E-state index contributed by atoms with van der Waals surface area (Å²) < 4.78 is 10.6. The standard InChI is InChI=1S/C30H36O2/c1-31-27-19-13-23(14-20-27)11-17-25-7-3-5-9-29(25)30-10-6-4-8-26(30)18-12-24-15-21-28(32-2)22-16-24/h11-22,25-26H,3-10H2,1-2H3. The smallest absolute Gasteiger partial charge is 0.118 e. The highest BCUT2D eigenvalue weighted by molar-refractivity contribution is 5.53. The second kappa shape index (κ2) is 11.2. The topological polar surface area (TPSA) is 18.5 Å². The Hall–Kier alpha value is -2.74. The van der Waals surface area contributed by atoms with Crippen molar-refractivity contribution < 1.29 is 9.47 Å². The van der Waals surface area contributed by atoms with Gasteiger partial charge < -0.3 is 9.47 Å². The lowest BCUT2D eigenvalue weighted by molar-refractivity contribution is 0.414. The van der Waals surface area contributed by atoms with Crippen LogP contribution in [0.15, 0.2) is 71.8 Å². The molecule has 0 spiro atoms. The Morgan fingerprint density at radius 2 is 1.00 bits per heavy atom. The van der Waals surface area contributed by atoms with Gasteiger partial charge in [-0.1, -0.05) is 72.6 Å². The summed E-state index contributed by atoms with van der Waals surface area (Å²) in [4.78, 5) is 0. The van der Waals surface area contributed by atoms with Gasteiger partial charge in [-0.2, -0.15) is 0 Å². The van der Waals surface area contributed by atoms with E-state index < -0.39 is 0 Å². The highest BCUT2D eigenvalue weighted by atomic mass is 16.5. The molecule has 0 bridgehead atoms. The summed E-state index contributed by atoms with van der Waals surface area (Å²) >= 11 is 0. The van der Waals surface area contributed by atoms with Crippen LogP contribution in [0.25, 0.3) is 12.2 Å². The van der Waals surface area contributed by atoms with Crippen molar-refractivity contribution in [2.75, 3.05) is 14.2 Å². The number of hydrogen-bond donors (Lipinski definition) is 0. The Labute approximate surface area is 193 Å². The lowest BCUT2D eigenvalue weighted by Crippen LogP contribution is -2.17. The van der Waals surface area contributed by atoms with Crippen LogP contribution in [0.3, 0.4) is 0 Å². The fourth-order valence-corrected chi connectivity index (χ4v) is 5.19. The summed E-state index contributed by atoms with van der Waals surface area (Å²) in [6.45, 7) is 0. The summed E-state index contributed by atoms with van der Waals surface area (Å²) in [6, 6.07) is 16.8. The summed E-state index contributed by atoms with van der Waals surface area (Å²) in [7, 11) is 3.43. The Kier molecular flexibility index (Phi) is 7.87. The molecule has 4 rings (SSSR count). The van der Waals surface area contributed by atoms with Crippen molar-refractivity contribution in [1.29, 1.82) is 0 Å². The Morgan fingerprint density at radius 3 is 1.38 bits per heavy atom. The van der Waals surface area contributed by atoms with Crippen molar-refractivity contribution in [3.63, 3.8) is 0 Å². The van der Waals surface area contributed by atoms with E-state index in [1.165, 1.54) is 62.5 Å². The Balaban J connectivity index is 1.54. The number of rotatable bonds is 6. The molecule has 2 atom stereocenters. The lowest BCUT2D eigenvalue weighted by atomic mass is 9.73. The average Bonchev–Trinajstić information content (AvgIpc) is 2.87. The van der Waals surface area contributed by atoms with Gasteiger partial charge in [-0.3, -0.25) is 0 Å². The first kappa shape index (κ1) is 22.5. The van der Waals surface area contributed by atoms with Crippen LogP contribution in [-0.4, -0.2) is 14.2 Å². The molecule has 0 heterocycles. The number of hydrogen-bond acceptors (Lipinski definition) is 2. The van der Waals surface area contributed by atoms with Crippen molar-refractivity contribution in [3.8, 4) is 11.5 Å². The predicted molar refractivity (Wildman–Crippen MR) is 135 cm³/mol. The van der Waals surface area contributed by atoms with Crippen LogP contribution >= 0.6 is 0 Å². The molecule has 32 heavy (non-hydrogen) atoms. The van der Waals surface area contributed by atoms with Gasteiger partial charge in [-0.15, -0.1) is 0 Å². The Bertz CT molecular complexity index is 868. The quantitative estimate of drug-likeness (QED) is 0.433. The number of benzene rings is 2. The van der Waals surface area contributed by atoms with Crippen LogP contribution in [0.2, 0.25) is 0 Å². The molecule has 2 heteroatoms. The van der Waals surface area contributed by atoms with E-state index in [9.17, 15) is 0 Å². The summed E-state index contributed by atoms with van der Waals surface area (Å²) in [5.74, 6) is 2.99. The number of methoxy groups -OCH3 is 2. The molecule has 2 aliphatic carbocycles. The molecule has 0 aliphatic heterocycles. The zero-order valence-electron chi connectivity index (χ0n) is 19.6. The van der Waals surface area contributed by atoms with Crippen LogP contribution in [0.5, 0.6) is 11.5 Å².